The molecule has 0 aliphatic rings. The summed E-state index contributed by atoms with van der Waals surface area (Å²) in [6.07, 6.45) is 17.4. The Labute approximate surface area is 125 Å². The van der Waals surface area contributed by atoms with Crippen LogP contribution in [0.15, 0.2) is 11.6 Å². The molecule has 0 saturated heterocycles. The molecule has 118 valence electrons. The fourth-order valence-corrected chi connectivity index (χ4v) is 2.53. The molecule has 0 atom stereocenters. The number of unbranched alkanes of at least 4 members (excludes halogenated alkanes) is 9. The average molecular weight is 282 g/mol. The van der Waals surface area contributed by atoms with E-state index in [9.17, 15) is 4.79 Å². The standard InChI is InChI=1S/C18H34O2/c1-3-5-7-8-9-10-11-13-15-17(16-18(19)20)14-12-6-4-2/h16H,3-15H2,1-2H3,(H,19,20)/b17-16-. The van der Waals surface area contributed by atoms with Gasteiger partial charge in [-0.1, -0.05) is 77.2 Å². The Morgan fingerprint density at radius 1 is 0.750 bits per heavy atom. The molecule has 0 amide bonds. The van der Waals surface area contributed by atoms with Gasteiger partial charge in [0.2, 0.25) is 0 Å². The quantitative estimate of drug-likeness (QED) is 0.308. The van der Waals surface area contributed by atoms with E-state index in [1.54, 1.807) is 0 Å². The van der Waals surface area contributed by atoms with Crippen molar-refractivity contribution in [3.8, 4) is 0 Å². The van der Waals surface area contributed by atoms with E-state index in [4.69, 9.17) is 5.11 Å². The van der Waals surface area contributed by atoms with Crippen LogP contribution in [0.25, 0.3) is 0 Å². The Kier molecular flexibility index (Phi) is 14.0. The fraction of sp³-hybridized carbons (Fsp3) is 0.833. The van der Waals surface area contributed by atoms with Gasteiger partial charge in [-0.15, -0.1) is 0 Å². The summed E-state index contributed by atoms with van der Waals surface area (Å²) in [4.78, 5) is 10.8. The molecule has 0 aromatic carbocycles. The van der Waals surface area contributed by atoms with Gasteiger partial charge in [0.1, 0.15) is 0 Å². The van der Waals surface area contributed by atoms with Crippen LogP contribution in [0.5, 0.6) is 0 Å². The second-order valence-corrected chi connectivity index (χ2v) is 5.82. The van der Waals surface area contributed by atoms with Crippen molar-refractivity contribution in [3.05, 3.63) is 11.6 Å². The van der Waals surface area contributed by atoms with Gasteiger partial charge >= 0.3 is 5.97 Å². The molecule has 0 aromatic rings. The highest BCUT2D eigenvalue weighted by Crippen LogP contribution is 2.17. The third-order valence-electron chi connectivity index (χ3n) is 3.78. The van der Waals surface area contributed by atoms with Crippen molar-refractivity contribution >= 4 is 5.97 Å². The monoisotopic (exact) mass is 282 g/mol. The predicted molar refractivity (Wildman–Crippen MR) is 87.1 cm³/mol. The molecule has 0 rings (SSSR count). The lowest BCUT2D eigenvalue weighted by atomic mass is 10.00. The number of carbonyl (C=O) groups is 1. The van der Waals surface area contributed by atoms with E-state index < -0.39 is 5.97 Å². The summed E-state index contributed by atoms with van der Waals surface area (Å²) in [5, 5.41) is 8.89. The van der Waals surface area contributed by atoms with E-state index in [2.05, 4.69) is 13.8 Å². The summed E-state index contributed by atoms with van der Waals surface area (Å²) in [6.45, 7) is 4.42. The van der Waals surface area contributed by atoms with Gasteiger partial charge in [0.25, 0.3) is 0 Å². The molecule has 0 spiro atoms. The van der Waals surface area contributed by atoms with Gasteiger partial charge in [-0.2, -0.15) is 0 Å². The molecule has 0 unspecified atom stereocenters. The minimum absolute atomic E-state index is 0.781. The van der Waals surface area contributed by atoms with E-state index in [0.717, 1.165) is 31.3 Å². The van der Waals surface area contributed by atoms with Crippen LogP contribution in [0.2, 0.25) is 0 Å². The number of carboxylic acid groups (broad SMARTS) is 1. The molecule has 0 bridgehead atoms. The molecule has 1 N–H and O–H groups in total. The Hall–Kier alpha value is -0.790. The van der Waals surface area contributed by atoms with E-state index >= 15 is 0 Å². The third kappa shape index (κ3) is 13.6. The lowest BCUT2D eigenvalue weighted by molar-refractivity contribution is -0.131. The van der Waals surface area contributed by atoms with Gasteiger partial charge in [-0.3, -0.25) is 0 Å². The van der Waals surface area contributed by atoms with Gasteiger partial charge in [-0.25, -0.2) is 4.79 Å². The molecule has 0 radical (unpaired) electrons. The summed E-state index contributed by atoms with van der Waals surface area (Å²) in [7, 11) is 0. The lowest BCUT2D eigenvalue weighted by Gasteiger charge is -2.07. The Bertz CT molecular complexity index is 256. The molecule has 0 aromatic heterocycles. The van der Waals surface area contributed by atoms with Crippen LogP contribution in [-0.4, -0.2) is 11.1 Å². The van der Waals surface area contributed by atoms with Gasteiger partial charge in [0.05, 0.1) is 0 Å². The van der Waals surface area contributed by atoms with Crippen molar-refractivity contribution in [2.24, 2.45) is 0 Å². The highest BCUT2D eigenvalue weighted by atomic mass is 16.4. The van der Waals surface area contributed by atoms with Crippen LogP contribution in [0.1, 0.15) is 97.3 Å². The largest absolute Gasteiger partial charge is 0.478 e. The van der Waals surface area contributed by atoms with Crippen molar-refractivity contribution in [2.75, 3.05) is 0 Å². The van der Waals surface area contributed by atoms with E-state index in [0.29, 0.717) is 0 Å². The van der Waals surface area contributed by atoms with E-state index in [1.165, 1.54) is 63.9 Å². The van der Waals surface area contributed by atoms with Gasteiger partial charge < -0.3 is 5.11 Å². The van der Waals surface area contributed by atoms with Crippen LogP contribution in [0.3, 0.4) is 0 Å². The van der Waals surface area contributed by atoms with Crippen molar-refractivity contribution in [1.29, 1.82) is 0 Å². The maximum Gasteiger partial charge on any atom is 0.328 e. The lowest BCUT2D eigenvalue weighted by Crippen LogP contribution is -1.94. The Morgan fingerprint density at radius 2 is 1.15 bits per heavy atom. The highest BCUT2D eigenvalue weighted by Gasteiger charge is 2.01. The normalized spacial score (nSPS) is 11.8. The number of hydrogen-bond acceptors (Lipinski definition) is 1. The second-order valence-electron chi connectivity index (χ2n) is 5.82. The third-order valence-corrected chi connectivity index (χ3v) is 3.78. The van der Waals surface area contributed by atoms with Crippen LogP contribution in [0, 0.1) is 0 Å². The first-order chi connectivity index (χ1) is 9.70. The summed E-state index contributed by atoms with van der Waals surface area (Å²) in [6, 6.07) is 0. The zero-order valence-corrected chi connectivity index (χ0v) is 13.6. The number of aliphatic carboxylic acids is 1. The highest BCUT2D eigenvalue weighted by molar-refractivity contribution is 5.80. The molecule has 0 saturated carbocycles. The first-order valence-corrected chi connectivity index (χ1v) is 8.63. The number of hydrogen-bond donors (Lipinski definition) is 1. The number of rotatable bonds is 14. The fourth-order valence-electron chi connectivity index (χ4n) is 2.53. The summed E-state index contributed by atoms with van der Waals surface area (Å²) in [5.41, 5.74) is 1.14. The summed E-state index contributed by atoms with van der Waals surface area (Å²) in [5.74, 6) is -0.781. The van der Waals surface area contributed by atoms with Crippen molar-refractivity contribution in [2.45, 2.75) is 97.3 Å². The molecular formula is C18H34O2. The molecule has 20 heavy (non-hydrogen) atoms. The van der Waals surface area contributed by atoms with E-state index in [-0.39, 0.29) is 0 Å². The Balaban J connectivity index is 3.66. The predicted octanol–water partition coefficient (Wildman–Crippen LogP) is 6.11. The molecule has 2 heteroatoms. The molecule has 2 nitrogen and oxygen atoms in total. The minimum atomic E-state index is -0.781. The van der Waals surface area contributed by atoms with Crippen molar-refractivity contribution < 1.29 is 9.90 Å². The van der Waals surface area contributed by atoms with Gasteiger partial charge in [0.15, 0.2) is 0 Å². The second kappa shape index (κ2) is 14.6. The maximum absolute atomic E-state index is 10.8. The molecule has 0 aliphatic heterocycles. The molecule has 0 aliphatic carbocycles. The first-order valence-electron chi connectivity index (χ1n) is 8.63. The zero-order chi connectivity index (χ0) is 15.1. The topological polar surface area (TPSA) is 37.3 Å². The van der Waals surface area contributed by atoms with Crippen molar-refractivity contribution in [1.82, 2.24) is 0 Å². The molecule has 0 heterocycles. The average Bonchev–Trinajstić information content (AvgIpc) is 2.41. The van der Waals surface area contributed by atoms with Gasteiger partial charge in [0, 0.05) is 6.08 Å². The van der Waals surface area contributed by atoms with E-state index in [1.807, 2.05) is 0 Å². The first kappa shape index (κ1) is 19.2. The van der Waals surface area contributed by atoms with Gasteiger partial charge in [-0.05, 0) is 25.7 Å². The number of allylic oxidation sites excluding steroid dienone is 1. The smallest absolute Gasteiger partial charge is 0.328 e. The Morgan fingerprint density at radius 3 is 1.65 bits per heavy atom. The van der Waals surface area contributed by atoms with Crippen molar-refractivity contribution in [3.63, 3.8) is 0 Å². The SMILES string of the molecule is CCCCCCCCCC/C(=C\C(=O)O)CCCCC. The van der Waals surface area contributed by atoms with Crippen LogP contribution in [-0.2, 0) is 4.79 Å². The zero-order valence-electron chi connectivity index (χ0n) is 13.6. The summed E-state index contributed by atoms with van der Waals surface area (Å²) < 4.78 is 0. The minimum Gasteiger partial charge on any atom is -0.478 e. The van der Waals surface area contributed by atoms with Crippen LogP contribution in [0.4, 0.5) is 0 Å². The van der Waals surface area contributed by atoms with Crippen LogP contribution < -0.4 is 0 Å². The molecule has 0 fully saturated rings. The summed E-state index contributed by atoms with van der Waals surface area (Å²) >= 11 is 0. The molecular weight excluding hydrogens is 248 g/mol. The maximum atomic E-state index is 10.8. The van der Waals surface area contributed by atoms with Crippen LogP contribution >= 0.6 is 0 Å². The number of carboxylic acids is 1.